The number of ether oxygens (including phenoxy) is 2. The lowest BCUT2D eigenvalue weighted by Gasteiger charge is -2.27. The van der Waals surface area contributed by atoms with Crippen molar-refractivity contribution in [2.45, 2.75) is 26.0 Å². The minimum absolute atomic E-state index is 0. The maximum absolute atomic E-state index is 12.6. The molecule has 0 aliphatic carbocycles. The van der Waals surface area contributed by atoms with Gasteiger partial charge in [-0.2, -0.15) is 0 Å². The Hall–Kier alpha value is -3.01. The van der Waals surface area contributed by atoms with Gasteiger partial charge in [0.25, 0.3) is 11.8 Å². The van der Waals surface area contributed by atoms with Crippen LogP contribution in [0.25, 0.3) is 5.57 Å². The zero-order chi connectivity index (χ0) is 23.2. The van der Waals surface area contributed by atoms with Crippen molar-refractivity contribution in [1.29, 1.82) is 0 Å². The van der Waals surface area contributed by atoms with Gasteiger partial charge < -0.3 is 14.8 Å². The van der Waals surface area contributed by atoms with E-state index in [2.05, 4.69) is 21.3 Å². The third-order valence-corrected chi connectivity index (χ3v) is 6.20. The molecule has 3 amide bonds. The highest BCUT2D eigenvalue weighted by molar-refractivity contribution is 6.32. The second-order valence-corrected chi connectivity index (χ2v) is 9.11. The predicted molar refractivity (Wildman–Crippen MR) is 129 cm³/mol. The van der Waals surface area contributed by atoms with Gasteiger partial charge in [-0.25, -0.2) is 9.69 Å². The molecule has 9 nitrogen and oxygen atoms in total. The van der Waals surface area contributed by atoms with E-state index in [9.17, 15) is 14.4 Å². The number of benzene rings is 1. The summed E-state index contributed by atoms with van der Waals surface area (Å²) in [5, 5.41) is 2.87. The van der Waals surface area contributed by atoms with Gasteiger partial charge in [0.2, 0.25) is 0 Å². The largest absolute Gasteiger partial charge is 0.433 e. The highest BCUT2D eigenvalue weighted by Crippen LogP contribution is 2.35. The molecule has 0 aromatic heterocycles. The van der Waals surface area contributed by atoms with Crippen LogP contribution in [0.3, 0.4) is 0 Å². The number of hydrogen-bond donors (Lipinski definition) is 1. The van der Waals surface area contributed by atoms with Gasteiger partial charge in [-0.1, -0.05) is 6.07 Å². The Kier molecular flexibility index (Phi) is 6.62. The number of aliphatic imine (C=N–C) groups is 1. The molecule has 34 heavy (non-hydrogen) atoms. The lowest BCUT2D eigenvalue weighted by atomic mass is 10.0. The van der Waals surface area contributed by atoms with Gasteiger partial charge in [-0.05, 0) is 43.7 Å². The van der Waals surface area contributed by atoms with Crippen LogP contribution < -0.4 is 5.32 Å². The summed E-state index contributed by atoms with van der Waals surface area (Å²) in [5.41, 5.74) is 2.24. The SMILES string of the molecule is CC1(C)OC(=O)N(Cc2ccc3c(c2)/C(=C/C2=CC(CN4CCOCC4)C=N2)C(=O)N3)C1=O.Cl. The molecule has 0 bridgehead atoms. The topological polar surface area (TPSA) is 101 Å². The number of morpholine rings is 1. The van der Waals surface area contributed by atoms with Gasteiger partial charge in [0.1, 0.15) is 0 Å². The highest BCUT2D eigenvalue weighted by Gasteiger charge is 2.47. The van der Waals surface area contributed by atoms with E-state index in [1.807, 2.05) is 12.3 Å². The number of nitrogens with one attached hydrogen (secondary N) is 1. The minimum atomic E-state index is -1.17. The Balaban J connectivity index is 0.00000274. The zero-order valence-corrected chi connectivity index (χ0v) is 19.9. The van der Waals surface area contributed by atoms with E-state index in [4.69, 9.17) is 9.47 Å². The summed E-state index contributed by atoms with van der Waals surface area (Å²) in [5.74, 6) is -0.386. The number of allylic oxidation sites excluding steroid dienone is 1. The second kappa shape index (κ2) is 9.32. The Morgan fingerprint density at radius 1 is 1.21 bits per heavy atom. The first-order valence-corrected chi connectivity index (χ1v) is 11.1. The van der Waals surface area contributed by atoms with Crippen molar-refractivity contribution in [2.24, 2.45) is 10.9 Å². The molecule has 5 rings (SSSR count). The number of carbonyl (C=O) groups excluding carboxylic acids is 3. The van der Waals surface area contributed by atoms with Crippen LogP contribution in [0.1, 0.15) is 25.0 Å². The van der Waals surface area contributed by atoms with Crippen LogP contribution >= 0.6 is 12.4 Å². The predicted octanol–water partition coefficient (Wildman–Crippen LogP) is 2.62. The number of cyclic esters (lactones) is 1. The third kappa shape index (κ3) is 4.64. The molecule has 1 aromatic carbocycles. The van der Waals surface area contributed by atoms with Gasteiger partial charge in [0.15, 0.2) is 5.60 Å². The lowest BCUT2D eigenvalue weighted by Crippen LogP contribution is -2.39. The van der Waals surface area contributed by atoms with Crippen molar-refractivity contribution in [2.75, 3.05) is 38.2 Å². The average molecular weight is 487 g/mol. The van der Waals surface area contributed by atoms with Crippen LogP contribution in [0.4, 0.5) is 10.5 Å². The van der Waals surface area contributed by atoms with E-state index < -0.39 is 11.7 Å². The molecule has 10 heteroatoms. The number of halogens is 1. The van der Waals surface area contributed by atoms with E-state index in [1.165, 1.54) is 0 Å². The van der Waals surface area contributed by atoms with Crippen LogP contribution in [0.2, 0.25) is 0 Å². The van der Waals surface area contributed by atoms with Gasteiger partial charge in [0.05, 0.1) is 31.0 Å². The summed E-state index contributed by atoms with van der Waals surface area (Å²) in [4.78, 5) is 45.2. The fraction of sp³-hybridized carbons (Fsp3) is 0.417. The molecule has 1 N–H and O–H groups in total. The van der Waals surface area contributed by atoms with Crippen molar-refractivity contribution >= 4 is 47.8 Å². The average Bonchev–Trinajstić information content (AvgIpc) is 3.40. The lowest BCUT2D eigenvalue weighted by molar-refractivity contribution is -0.134. The molecule has 0 saturated carbocycles. The van der Waals surface area contributed by atoms with Crippen molar-refractivity contribution in [3.63, 3.8) is 0 Å². The Morgan fingerprint density at radius 2 is 1.97 bits per heavy atom. The molecule has 4 aliphatic heterocycles. The summed E-state index contributed by atoms with van der Waals surface area (Å²) in [6.45, 7) is 7.43. The monoisotopic (exact) mass is 486 g/mol. The Morgan fingerprint density at radius 3 is 2.68 bits per heavy atom. The molecule has 1 unspecified atom stereocenters. The van der Waals surface area contributed by atoms with Gasteiger partial charge in [0, 0.05) is 43.0 Å². The van der Waals surface area contributed by atoms with E-state index >= 15 is 0 Å². The molecule has 0 radical (unpaired) electrons. The Labute approximate surface area is 203 Å². The van der Waals surface area contributed by atoms with Crippen LogP contribution in [0.15, 0.2) is 41.0 Å². The molecule has 1 aromatic rings. The van der Waals surface area contributed by atoms with Crippen LogP contribution in [-0.2, 0) is 25.6 Å². The summed E-state index contributed by atoms with van der Waals surface area (Å²) < 4.78 is 10.6. The van der Waals surface area contributed by atoms with Gasteiger partial charge in [-0.15, -0.1) is 12.4 Å². The van der Waals surface area contributed by atoms with Crippen molar-refractivity contribution in [3.8, 4) is 0 Å². The highest BCUT2D eigenvalue weighted by atomic mass is 35.5. The standard InChI is InChI=1S/C24H26N4O5.ClH/c1-24(2)22(30)28(23(31)33-24)14-15-3-4-20-18(10-15)19(21(29)26-20)11-17-9-16(12-25-17)13-27-5-7-32-8-6-27;/h3-4,9-12,16H,5-8,13-14H2,1-2H3,(H,26,29);1H/b19-11-;. The van der Waals surface area contributed by atoms with E-state index in [1.54, 1.807) is 32.1 Å². The van der Waals surface area contributed by atoms with Crippen LogP contribution in [0, 0.1) is 5.92 Å². The number of anilines is 1. The first-order valence-electron chi connectivity index (χ1n) is 11.1. The van der Waals surface area contributed by atoms with Crippen molar-refractivity contribution in [1.82, 2.24) is 9.80 Å². The smallest absolute Gasteiger partial charge is 0.418 e. The van der Waals surface area contributed by atoms with E-state index in [-0.39, 0.29) is 36.7 Å². The zero-order valence-electron chi connectivity index (χ0n) is 19.1. The normalized spacial score (nSPS) is 24.7. The fourth-order valence-corrected chi connectivity index (χ4v) is 4.42. The number of nitrogens with zero attached hydrogens (tertiary/aromatic N) is 3. The quantitative estimate of drug-likeness (QED) is 0.642. The third-order valence-electron chi connectivity index (χ3n) is 6.20. The number of fused-ring (bicyclic) bond motifs is 1. The maximum atomic E-state index is 12.6. The number of rotatable bonds is 5. The molecule has 4 heterocycles. The summed E-state index contributed by atoms with van der Waals surface area (Å²) in [7, 11) is 0. The van der Waals surface area contributed by atoms with E-state index in [0.29, 0.717) is 11.3 Å². The summed E-state index contributed by atoms with van der Waals surface area (Å²) >= 11 is 0. The molecule has 180 valence electrons. The summed E-state index contributed by atoms with van der Waals surface area (Å²) in [6.07, 6.45) is 5.11. The first kappa shape index (κ1) is 24.1. The van der Waals surface area contributed by atoms with Crippen molar-refractivity contribution in [3.05, 3.63) is 47.2 Å². The fourth-order valence-electron chi connectivity index (χ4n) is 4.42. The van der Waals surface area contributed by atoms with Gasteiger partial charge in [-0.3, -0.25) is 19.5 Å². The van der Waals surface area contributed by atoms with E-state index in [0.717, 1.165) is 54.6 Å². The van der Waals surface area contributed by atoms with Gasteiger partial charge >= 0.3 is 6.09 Å². The minimum Gasteiger partial charge on any atom is -0.433 e. The molecule has 0 spiro atoms. The Bertz CT molecular complexity index is 1120. The number of hydrogen-bond acceptors (Lipinski definition) is 7. The van der Waals surface area contributed by atoms with Crippen molar-refractivity contribution < 1.29 is 23.9 Å². The molecular formula is C24H27ClN4O5. The number of carbonyl (C=O) groups is 3. The maximum Gasteiger partial charge on any atom is 0.418 e. The molecule has 2 saturated heterocycles. The molecule has 2 fully saturated rings. The first-order chi connectivity index (χ1) is 15.8. The molecular weight excluding hydrogens is 460 g/mol. The molecule has 1 atom stereocenters. The molecule has 4 aliphatic rings. The summed E-state index contributed by atoms with van der Waals surface area (Å²) in [6, 6.07) is 5.41. The number of amides is 3. The van der Waals surface area contributed by atoms with Crippen LogP contribution in [0.5, 0.6) is 0 Å². The second-order valence-electron chi connectivity index (χ2n) is 9.11. The van der Waals surface area contributed by atoms with Crippen LogP contribution in [-0.4, -0.2) is 72.4 Å². The number of imide groups is 1.